The molecule has 0 bridgehead atoms. The van der Waals surface area contributed by atoms with Crippen molar-refractivity contribution in [1.29, 1.82) is 0 Å². The molecule has 1 unspecified atom stereocenters. The van der Waals surface area contributed by atoms with Crippen molar-refractivity contribution in [3.05, 3.63) is 30.3 Å². The van der Waals surface area contributed by atoms with Crippen molar-refractivity contribution in [1.82, 2.24) is 5.09 Å². The van der Waals surface area contributed by atoms with Crippen LogP contribution in [0.1, 0.15) is 13.8 Å². The second-order valence-electron chi connectivity index (χ2n) is 3.93. The van der Waals surface area contributed by atoms with Gasteiger partial charge in [-0.2, -0.15) is 0 Å². The van der Waals surface area contributed by atoms with Crippen LogP contribution in [0.25, 0.3) is 0 Å². The third-order valence-electron chi connectivity index (χ3n) is 2.10. The van der Waals surface area contributed by atoms with Crippen LogP contribution < -0.4 is 9.61 Å². The standard InChI is InChI=1S/C12H18NO6P/c1-3-18-20(16,13-10(2)9-17-12(14)15)19-11-7-5-4-6-8-11/h4-8,10H,3,9H2,1-2H3,(H,13,16)(H,14,15)/t10-,20?/m0/s1. The lowest BCUT2D eigenvalue weighted by Gasteiger charge is -2.22. The fourth-order valence-electron chi connectivity index (χ4n) is 1.38. The normalized spacial score (nSPS) is 15.1. The summed E-state index contributed by atoms with van der Waals surface area (Å²) in [6.07, 6.45) is -1.39. The van der Waals surface area contributed by atoms with E-state index in [0.29, 0.717) is 5.75 Å². The first-order valence-corrected chi connectivity index (χ1v) is 7.62. The summed E-state index contributed by atoms with van der Waals surface area (Å²) in [5.74, 6) is 0.392. The number of hydrogen-bond acceptors (Lipinski definition) is 5. The van der Waals surface area contributed by atoms with Crippen molar-refractivity contribution in [3.8, 4) is 5.75 Å². The molecular formula is C12H18NO6P. The Labute approximate surface area is 117 Å². The monoisotopic (exact) mass is 303 g/mol. The lowest BCUT2D eigenvalue weighted by atomic mass is 10.3. The molecule has 8 heteroatoms. The Morgan fingerprint density at radius 1 is 1.40 bits per heavy atom. The van der Waals surface area contributed by atoms with Gasteiger partial charge in [0.2, 0.25) is 0 Å². The number of hydrogen-bond donors (Lipinski definition) is 2. The fourth-order valence-corrected chi connectivity index (χ4v) is 2.92. The van der Waals surface area contributed by atoms with Gasteiger partial charge < -0.3 is 14.4 Å². The van der Waals surface area contributed by atoms with Crippen molar-refractivity contribution < 1.29 is 28.3 Å². The molecule has 0 radical (unpaired) electrons. The highest BCUT2D eigenvalue weighted by atomic mass is 31.2. The quantitative estimate of drug-likeness (QED) is 0.563. The van der Waals surface area contributed by atoms with Gasteiger partial charge in [0.15, 0.2) is 0 Å². The van der Waals surface area contributed by atoms with E-state index in [1.165, 1.54) is 0 Å². The molecular weight excluding hydrogens is 285 g/mol. The van der Waals surface area contributed by atoms with Gasteiger partial charge in [-0.25, -0.2) is 14.4 Å². The molecule has 0 aliphatic rings. The molecule has 0 heterocycles. The minimum Gasteiger partial charge on any atom is -0.450 e. The smallest absolute Gasteiger partial charge is 0.450 e. The van der Waals surface area contributed by atoms with Crippen molar-refractivity contribution in [2.24, 2.45) is 0 Å². The number of para-hydroxylation sites is 1. The SMILES string of the molecule is CCOP(=O)(N[C@@H](C)COC(=O)O)Oc1ccccc1. The summed E-state index contributed by atoms with van der Waals surface area (Å²) in [7, 11) is -3.58. The molecule has 0 saturated heterocycles. The number of carboxylic acid groups (broad SMARTS) is 1. The van der Waals surface area contributed by atoms with Gasteiger partial charge in [0.1, 0.15) is 12.4 Å². The maximum atomic E-state index is 12.5. The van der Waals surface area contributed by atoms with Crippen LogP contribution in [0.4, 0.5) is 4.79 Å². The van der Waals surface area contributed by atoms with Crippen LogP contribution in [0, 0.1) is 0 Å². The Kier molecular flexibility index (Phi) is 6.51. The van der Waals surface area contributed by atoms with Gasteiger partial charge in [0.05, 0.1) is 6.61 Å². The molecule has 0 aromatic heterocycles. The van der Waals surface area contributed by atoms with Gasteiger partial charge in [-0.3, -0.25) is 4.52 Å². The predicted molar refractivity (Wildman–Crippen MR) is 72.9 cm³/mol. The van der Waals surface area contributed by atoms with Crippen LogP contribution in [0.15, 0.2) is 30.3 Å². The third-order valence-corrected chi connectivity index (χ3v) is 3.91. The van der Waals surface area contributed by atoms with E-state index in [1.54, 1.807) is 44.2 Å². The Balaban J connectivity index is 2.66. The van der Waals surface area contributed by atoms with Crippen molar-refractivity contribution >= 4 is 13.9 Å². The topological polar surface area (TPSA) is 94.1 Å². The highest BCUT2D eigenvalue weighted by Crippen LogP contribution is 2.44. The average Bonchev–Trinajstić information content (AvgIpc) is 2.37. The lowest BCUT2D eigenvalue weighted by Crippen LogP contribution is -2.31. The van der Waals surface area contributed by atoms with Crippen LogP contribution in [0.3, 0.4) is 0 Å². The van der Waals surface area contributed by atoms with Crippen molar-refractivity contribution in [2.75, 3.05) is 13.2 Å². The first-order chi connectivity index (χ1) is 9.45. The van der Waals surface area contributed by atoms with E-state index in [0.717, 1.165) is 0 Å². The van der Waals surface area contributed by atoms with E-state index in [-0.39, 0.29) is 13.2 Å². The van der Waals surface area contributed by atoms with E-state index in [4.69, 9.17) is 14.2 Å². The van der Waals surface area contributed by atoms with Gasteiger partial charge in [0.25, 0.3) is 0 Å². The van der Waals surface area contributed by atoms with Gasteiger partial charge in [-0.15, -0.1) is 0 Å². The van der Waals surface area contributed by atoms with Gasteiger partial charge >= 0.3 is 13.9 Å². The van der Waals surface area contributed by atoms with Gasteiger partial charge in [-0.05, 0) is 26.0 Å². The van der Waals surface area contributed by atoms with E-state index < -0.39 is 19.9 Å². The highest BCUT2D eigenvalue weighted by Gasteiger charge is 2.28. The molecule has 0 amide bonds. The fraction of sp³-hybridized carbons (Fsp3) is 0.417. The first kappa shape index (κ1) is 16.5. The Morgan fingerprint density at radius 2 is 2.05 bits per heavy atom. The summed E-state index contributed by atoms with van der Waals surface area (Å²) in [5.41, 5.74) is 0. The zero-order chi connectivity index (χ0) is 15.0. The summed E-state index contributed by atoms with van der Waals surface area (Å²) >= 11 is 0. The zero-order valence-corrected chi connectivity index (χ0v) is 12.2. The van der Waals surface area contributed by atoms with Crippen LogP contribution in [0.2, 0.25) is 0 Å². The molecule has 2 N–H and O–H groups in total. The minimum atomic E-state index is -3.58. The summed E-state index contributed by atoms with van der Waals surface area (Å²) in [6.45, 7) is 3.32. The molecule has 1 aromatic carbocycles. The maximum Gasteiger partial charge on any atom is 0.505 e. The summed E-state index contributed by atoms with van der Waals surface area (Å²) in [5, 5.41) is 11.0. The Morgan fingerprint density at radius 3 is 2.60 bits per heavy atom. The average molecular weight is 303 g/mol. The number of rotatable bonds is 8. The van der Waals surface area contributed by atoms with E-state index in [2.05, 4.69) is 9.82 Å². The molecule has 2 atom stereocenters. The Bertz CT molecular complexity index is 466. The number of nitrogens with one attached hydrogen (secondary N) is 1. The van der Waals surface area contributed by atoms with Crippen LogP contribution in [-0.4, -0.2) is 30.5 Å². The molecule has 112 valence electrons. The second-order valence-corrected chi connectivity index (χ2v) is 5.62. The van der Waals surface area contributed by atoms with E-state index in [1.807, 2.05) is 0 Å². The number of ether oxygens (including phenoxy) is 1. The first-order valence-electron chi connectivity index (χ1n) is 6.08. The summed E-state index contributed by atoms with van der Waals surface area (Å²) in [4.78, 5) is 10.3. The molecule has 1 aromatic rings. The van der Waals surface area contributed by atoms with Crippen molar-refractivity contribution in [3.63, 3.8) is 0 Å². The summed E-state index contributed by atoms with van der Waals surface area (Å²) in [6, 6.07) is 8.05. The second kappa shape index (κ2) is 7.89. The summed E-state index contributed by atoms with van der Waals surface area (Å²) < 4.78 is 27.3. The zero-order valence-electron chi connectivity index (χ0n) is 11.3. The maximum absolute atomic E-state index is 12.5. The minimum absolute atomic E-state index is 0.162. The third kappa shape index (κ3) is 6.06. The van der Waals surface area contributed by atoms with E-state index in [9.17, 15) is 9.36 Å². The van der Waals surface area contributed by atoms with Gasteiger partial charge in [0, 0.05) is 6.04 Å². The van der Waals surface area contributed by atoms with Crippen LogP contribution >= 0.6 is 7.75 Å². The molecule has 20 heavy (non-hydrogen) atoms. The van der Waals surface area contributed by atoms with Crippen LogP contribution in [0.5, 0.6) is 5.75 Å². The molecule has 0 aliphatic heterocycles. The largest absolute Gasteiger partial charge is 0.505 e. The Hall–Kier alpha value is -1.56. The predicted octanol–water partition coefficient (Wildman–Crippen LogP) is 2.88. The number of carbonyl (C=O) groups is 1. The van der Waals surface area contributed by atoms with Gasteiger partial charge in [-0.1, -0.05) is 18.2 Å². The lowest BCUT2D eigenvalue weighted by molar-refractivity contribution is 0.0850. The van der Waals surface area contributed by atoms with Crippen LogP contribution in [-0.2, 0) is 13.8 Å². The molecule has 0 fully saturated rings. The molecule has 0 saturated carbocycles. The molecule has 0 spiro atoms. The van der Waals surface area contributed by atoms with E-state index >= 15 is 0 Å². The number of benzene rings is 1. The van der Waals surface area contributed by atoms with Crippen molar-refractivity contribution in [2.45, 2.75) is 19.9 Å². The molecule has 1 rings (SSSR count). The molecule has 7 nitrogen and oxygen atoms in total. The molecule has 0 aliphatic carbocycles. The highest BCUT2D eigenvalue weighted by molar-refractivity contribution is 7.52.